The van der Waals surface area contributed by atoms with Crippen LogP contribution in [-0.4, -0.2) is 14.8 Å². The van der Waals surface area contributed by atoms with Gasteiger partial charge in [0.2, 0.25) is 0 Å². The third-order valence-corrected chi connectivity index (χ3v) is 2.89. The van der Waals surface area contributed by atoms with E-state index in [0.29, 0.717) is 20.5 Å². The lowest BCUT2D eigenvalue weighted by molar-refractivity contribution is 0.964. The summed E-state index contributed by atoms with van der Waals surface area (Å²) in [7, 11) is 0. The van der Waals surface area contributed by atoms with Crippen molar-refractivity contribution in [2.24, 2.45) is 0 Å². The van der Waals surface area contributed by atoms with Crippen LogP contribution in [0.2, 0.25) is 10.0 Å². The molecule has 1 heterocycles. The number of nitrogens with zero attached hydrogens (tertiary/aromatic N) is 2. The number of benzene rings is 1. The zero-order valence-corrected chi connectivity index (χ0v) is 10.1. The van der Waals surface area contributed by atoms with E-state index < -0.39 is 0 Å². The van der Waals surface area contributed by atoms with E-state index in [1.165, 1.54) is 0 Å². The number of aromatic amines is 1. The van der Waals surface area contributed by atoms with Crippen molar-refractivity contribution in [3.8, 4) is 5.69 Å². The lowest BCUT2D eigenvalue weighted by Gasteiger charge is -2.08. The van der Waals surface area contributed by atoms with Gasteiger partial charge in [0, 0.05) is 0 Å². The maximum Gasteiger partial charge on any atom is 0.199 e. The van der Waals surface area contributed by atoms with Crippen molar-refractivity contribution in [2.45, 2.75) is 6.92 Å². The van der Waals surface area contributed by atoms with Gasteiger partial charge >= 0.3 is 0 Å². The van der Waals surface area contributed by atoms with Crippen molar-refractivity contribution in [1.29, 1.82) is 0 Å². The molecule has 3 nitrogen and oxygen atoms in total. The average molecular weight is 260 g/mol. The molecule has 1 N–H and O–H groups in total. The fraction of sp³-hybridized carbons (Fsp3) is 0.111. The SMILES string of the molecule is Cc1n[nH]c(=S)n1-c1c(Cl)cccc1Cl. The molecular weight excluding hydrogens is 253 g/mol. The Labute approximate surface area is 102 Å². The van der Waals surface area contributed by atoms with Gasteiger partial charge in [0.1, 0.15) is 5.82 Å². The first-order valence-electron chi connectivity index (χ1n) is 4.19. The maximum atomic E-state index is 6.07. The average Bonchev–Trinajstić information content (AvgIpc) is 2.49. The van der Waals surface area contributed by atoms with Crippen LogP contribution in [0.1, 0.15) is 5.82 Å². The molecular formula is C9H7Cl2N3S. The number of aromatic nitrogens is 3. The van der Waals surface area contributed by atoms with E-state index in [0.717, 1.165) is 5.82 Å². The molecule has 1 aromatic carbocycles. The summed E-state index contributed by atoms with van der Waals surface area (Å²) < 4.78 is 2.18. The predicted octanol–water partition coefficient (Wildman–Crippen LogP) is 3.55. The standard InChI is InChI=1S/C9H7Cl2N3S/c1-5-12-13-9(15)14(5)8-6(10)3-2-4-7(8)11/h2-4H,1H3,(H,13,15). The van der Waals surface area contributed by atoms with Gasteiger partial charge in [0.25, 0.3) is 0 Å². The Kier molecular flexibility index (Phi) is 2.82. The van der Waals surface area contributed by atoms with E-state index in [4.69, 9.17) is 35.4 Å². The van der Waals surface area contributed by atoms with Crippen molar-refractivity contribution in [1.82, 2.24) is 14.8 Å². The summed E-state index contributed by atoms with van der Waals surface area (Å²) in [5.74, 6) is 0.718. The highest BCUT2D eigenvalue weighted by Crippen LogP contribution is 2.28. The zero-order chi connectivity index (χ0) is 11.0. The van der Waals surface area contributed by atoms with Crippen molar-refractivity contribution < 1.29 is 0 Å². The molecule has 0 aliphatic rings. The normalized spacial score (nSPS) is 10.6. The summed E-state index contributed by atoms with van der Waals surface area (Å²) in [4.78, 5) is 0. The Morgan fingerprint density at radius 1 is 1.33 bits per heavy atom. The van der Waals surface area contributed by atoms with Crippen LogP contribution in [0.3, 0.4) is 0 Å². The largest absolute Gasteiger partial charge is 0.269 e. The molecule has 0 aliphatic heterocycles. The second-order valence-corrected chi connectivity index (χ2v) is 4.18. The molecule has 0 fully saturated rings. The topological polar surface area (TPSA) is 33.6 Å². The van der Waals surface area contributed by atoms with Crippen LogP contribution in [0.5, 0.6) is 0 Å². The molecule has 0 bridgehead atoms. The number of rotatable bonds is 1. The highest BCUT2D eigenvalue weighted by atomic mass is 35.5. The molecule has 0 saturated carbocycles. The molecule has 0 unspecified atom stereocenters. The van der Waals surface area contributed by atoms with Crippen molar-refractivity contribution >= 4 is 35.4 Å². The number of hydrogen-bond acceptors (Lipinski definition) is 2. The van der Waals surface area contributed by atoms with Gasteiger partial charge in [-0.15, -0.1) is 0 Å². The second-order valence-electron chi connectivity index (χ2n) is 2.98. The molecule has 2 rings (SSSR count). The van der Waals surface area contributed by atoms with Crippen LogP contribution < -0.4 is 0 Å². The smallest absolute Gasteiger partial charge is 0.199 e. The van der Waals surface area contributed by atoms with E-state index in [1.807, 2.05) is 6.92 Å². The number of para-hydroxylation sites is 1. The molecule has 0 spiro atoms. The Hall–Kier alpha value is -0.840. The molecule has 0 radical (unpaired) electrons. The summed E-state index contributed by atoms with van der Waals surface area (Å²) in [6.07, 6.45) is 0. The van der Waals surface area contributed by atoms with E-state index in [9.17, 15) is 0 Å². The number of nitrogens with one attached hydrogen (secondary N) is 1. The minimum Gasteiger partial charge on any atom is -0.269 e. The van der Waals surface area contributed by atoms with E-state index in [2.05, 4.69) is 10.2 Å². The van der Waals surface area contributed by atoms with Gasteiger partial charge in [-0.2, -0.15) is 5.10 Å². The van der Waals surface area contributed by atoms with Crippen molar-refractivity contribution in [2.75, 3.05) is 0 Å². The van der Waals surface area contributed by atoms with Gasteiger partial charge in [-0.3, -0.25) is 9.67 Å². The van der Waals surface area contributed by atoms with Gasteiger partial charge < -0.3 is 0 Å². The maximum absolute atomic E-state index is 6.07. The highest BCUT2D eigenvalue weighted by Gasteiger charge is 2.11. The Morgan fingerprint density at radius 3 is 2.40 bits per heavy atom. The molecule has 0 saturated heterocycles. The molecule has 2 aromatic rings. The van der Waals surface area contributed by atoms with Gasteiger partial charge in [-0.05, 0) is 31.3 Å². The highest BCUT2D eigenvalue weighted by molar-refractivity contribution is 7.71. The van der Waals surface area contributed by atoms with Gasteiger partial charge in [0.05, 0.1) is 15.7 Å². The van der Waals surface area contributed by atoms with Crippen LogP contribution in [0, 0.1) is 11.7 Å². The summed E-state index contributed by atoms with van der Waals surface area (Å²) in [5, 5.41) is 7.78. The number of H-pyrrole nitrogens is 1. The van der Waals surface area contributed by atoms with E-state index >= 15 is 0 Å². The summed E-state index contributed by atoms with van der Waals surface area (Å²) in [6, 6.07) is 5.31. The molecule has 0 amide bonds. The fourth-order valence-electron chi connectivity index (χ4n) is 1.34. The third-order valence-electron chi connectivity index (χ3n) is 2.00. The van der Waals surface area contributed by atoms with Gasteiger partial charge in [0.15, 0.2) is 4.77 Å². The predicted molar refractivity (Wildman–Crippen MR) is 63.5 cm³/mol. The lowest BCUT2D eigenvalue weighted by Crippen LogP contribution is -1.98. The molecule has 1 aromatic heterocycles. The Bertz CT molecular complexity index is 538. The number of halogens is 2. The van der Waals surface area contributed by atoms with Crippen molar-refractivity contribution in [3.05, 3.63) is 38.8 Å². The summed E-state index contributed by atoms with van der Waals surface area (Å²) in [6.45, 7) is 1.83. The summed E-state index contributed by atoms with van der Waals surface area (Å²) in [5.41, 5.74) is 0.664. The van der Waals surface area contributed by atoms with Crippen molar-refractivity contribution in [3.63, 3.8) is 0 Å². The van der Waals surface area contributed by atoms with Crippen LogP contribution in [-0.2, 0) is 0 Å². The van der Waals surface area contributed by atoms with E-state index in [-0.39, 0.29) is 0 Å². The molecule has 0 atom stereocenters. The van der Waals surface area contributed by atoms with Crippen LogP contribution in [0.4, 0.5) is 0 Å². The zero-order valence-electron chi connectivity index (χ0n) is 7.79. The summed E-state index contributed by atoms with van der Waals surface area (Å²) >= 11 is 17.2. The molecule has 78 valence electrons. The Morgan fingerprint density at radius 2 is 1.93 bits per heavy atom. The first-order valence-corrected chi connectivity index (χ1v) is 5.36. The number of aryl methyl sites for hydroxylation is 1. The van der Waals surface area contributed by atoms with Gasteiger partial charge in [-0.25, -0.2) is 0 Å². The van der Waals surface area contributed by atoms with Crippen LogP contribution in [0.25, 0.3) is 5.69 Å². The van der Waals surface area contributed by atoms with Crippen LogP contribution in [0.15, 0.2) is 18.2 Å². The van der Waals surface area contributed by atoms with Gasteiger partial charge in [-0.1, -0.05) is 29.3 Å². The fourth-order valence-corrected chi connectivity index (χ4v) is 2.18. The Balaban J connectivity index is 2.80. The lowest BCUT2D eigenvalue weighted by atomic mass is 10.3. The first kappa shape index (κ1) is 10.7. The number of hydrogen-bond donors (Lipinski definition) is 1. The molecule has 6 heteroatoms. The van der Waals surface area contributed by atoms with Crippen LogP contribution >= 0.6 is 35.4 Å². The first-order chi connectivity index (χ1) is 7.11. The minimum absolute atomic E-state index is 0.475. The minimum atomic E-state index is 0.475. The van der Waals surface area contributed by atoms with E-state index in [1.54, 1.807) is 22.8 Å². The second kappa shape index (κ2) is 3.96. The molecule has 15 heavy (non-hydrogen) atoms. The molecule has 0 aliphatic carbocycles. The third kappa shape index (κ3) is 1.80. The quantitative estimate of drug-likeness (QED) is 0.795. The monoisotopic (exact) mass is 259 g/mol.